The predicted molar refractivity (Wildman–Crippen MR) is 76.3 cm³/mol. The molecule has 0 bridgehead atoms. The SMILES string of the molecule is Cc1c(C(=O)NCCCn2cccn2)nn2c1OCCC2. The van der Waals surface area contributed by atoms with Gasteiger partial charge in [0.05, 0.1) is 6.61 Å². The Morgan fingerprint density at radius 1 is 1.52 bits per heavy atom. The van der Waals surface area contributed by atoms with Gasteiger partial charge in [-0.15, -0.1) is 0 Å². The van der Waals surface area contributed by atoms with Crippen LogP contribution in [0.2, 0.25) is 0 Å². The molecule has 2 aromatic heterocycles. The lowest BCUT2D eigenvalue weighted by atomic mass is 10.2. The second-order valence-corrected chi connectivity index (χ2v) is 5.08. The Balaban J connectivity index is 1.54. The Kier molecular flexibility index (Phi) is 3.89. The molecule has 112 valence electrons. The van der Waals surface area contributed by atoms with Crippen LogP contribution in [0.5, 0.6) is 5.88 Å². The van der Waals surface area contributed by atoms with E-state index < -0.39 is 0 Å². The molecule has 0 spiro atoms. The Morgan fingerprint density at radius 2 is 2.43 bits per heavy atom. The topological polar surface area (TPSA) is 74.0 Å². The number of nitrogens with zero attached hydrogens (tertiary/aromatic N) is 4. The largest absolute Gasteiger partial charge is 0.478 e. The summed E-state index contributed by atoms with van der Waals surface area (Å²) in [7, 11) is 0. The summed E-state index contributed by atoms with van der Waals surface area (Å²) in [5.74, 6) is 0.585. The van der Waals surface area contributed by atoms with Crippen LogP contribution in [0, 0.1) is 6.92 Å². The van der Waals surface area contributed by atoms with Crippen molar-refractivity contribution in [3.8, 4) is 5.88 Å². The van der Waals surface area contributed by atoms with Crippen molar-refractivity contribution in [1.82, 2.24) is 24.9 Å². The van der Waals surface area contributed by atoms with Gasteiger partial charge in [-0.3, -0.25) is 9.48 Å². The number of fused-ring (bicyclic) bond motifs is 1. The van der Waals surface area contributed by atoms with E-state index in [1.807, 2.05) is 23.9 Å². The smallest absolute Gasteiger partial charge is 0.272 e. The van der Waals surface area contributed by atoms with E-state index in [4.69, 9.17) is 4.74 Å². The predicted octanol–water partition coefficient (Wildman–Crippen LogP) is 0.991. The highest BCUT2D eigenvalue weighted by molar-refractivity contribution is 5.94. The fraction of sp³-hybridized carbons (Fsp3) is 0.500. The molecule has 1 aliphatic rings. The molecule has 0 saturated heterocycles. The summed E-state index contributed by atoms with van der Waals surface area (Å²) >= 11 is 0. The van der Waals surface area contributed by atoms with Crippen LogP contribution in [-0.4, -0.2) is 38.6 Å². The Morgan fingerprint density at radius 3 is 3.19 bits per heavy atom. The third-order valence-electron chi connectivity index (χ3n) is 3.51. The molecule has 0 atom stereocenters. The number of hydrogen-bond donors (Lipinski definition) is 1. The molecule has 1 N–H and O–H groups in total. The zero-order valence-corrected chi connectivity index (χ0v) is 12.1. The lowest BCUT2D eigenvalue weighted by Gasteiger charge is -2.14. The number of hydrogen-bond acceptors (Lipinski definition) is 4. The van der Waals surface area contributed by atoms with E-state index in [9.17, 15) is 4.79 Å². The third kappa shape index (κ3) is 2.91. The molecule has 0 aliphatic carbocycles. The minimum absolute atomic E-state index is 0.140. The van der Waals surface area contributed by atoms with E-state index in [0.717, 1.165) is 37.4 Å². The first-order valence-corrected chi connectivity index (χ1v) is 7.21. The van der Waals surface area contributed by atoms with Crippen LogP contribution in [-0.2, 0) is 13.1 Å². The molecular formula is C14H19N5O2. The lowest BCUT2D eigenvalue weighted by molar-refractivity contribution is 0.0946. The first-order valence-electron chi connectivity index (χ1n) is 7.21. The van der Waals surface area contributed by atoms with Crippen molar-refractivity contribution in [1.29, 1.82) is 0 Å². The van der Waals surface area contributed by atoms with Gasteiger partial charge in [0.15, 0.2) is 5.69 Å². The van der Waals surface area contributed by atoms with Gasteiger partial charge in [-0.25, -0.2) is 4.68 Å². The van der Waals surface area contributed by atoms with Crippen LogP contribution in [0.1, 0.15) is 28.9 Å². The van der Waals surface area contributed by atoms with Crippen molar-refractivity contribution in [2.45, 2.75) is 32.9 Å². The number of ether oxygens (including phenoxy) is 1. The van der Waals surface area contributed by atoms with Crippen molar-refractivity contribution in [3.63, 3.8) is 0 Å². The summed E-state index contributed by atoms with van der Waals surface area (Å²) < 4.78 is 9.19. The van der Waals surface area contributed by atoms with Crippen molar-refractivity contribution < 1.29 is 9.53 Å². The van der Waals surface area contributed by atoms with Crippen LogP contribution in [0.3, 0.4) is 0 Å². The van der Waals surface area contributed by atoms with Crippen LogP contribution < -0.4 is 10.1 Å². The van der Waals surface area contributed by atoms with E-state index in [2.05, 4.69) is 15.5 Å². The molecule has 3 heterocycles. The summed E-state index contributed by atoms with van der Waals surface area (Å²) in [5.41, 5.74) is 1.28. The quantitative estimate of drug-likeness (QED) is 0.833. The number of rotatable bonds is 5. The monoisotopic (exact) mass is 289 g/mol. The molecule has 3 rings (SSSR count). The number of carbonyl (C=O) groups excluding carboxylic acids is 1. The maximum absolute atomic E-state index is 12.2. The fourth-order valence-corrected chi connectivity index (χ4v) is 2.43. The van der Waals surface area contributed by atoms with Crippen LogP contribution in [0.4, 0.5) is 0 Å². The van der Waals surface area contributed by atoms with Gasteiger partial charge in [0, 0.05) is 44.0 Å². The minimum Gasteiger partial charge on any atom is -0.478 e. The number of amides is 1. The van der Waals surface area contributed by atoms with Crippen molar-refractivity contribution in [3.05, 3.63) is 29.7 Å². The maximum atomic E-state index is 12.2. The summed E-state index contributed by atoms with van der Waals surface area (Å²) in [4.78, 5) is 12.2. The molecule has 0 unspecified atom stereocenters. The van der Waals surface area contributed by atoms with Crippen molar-refractivity contribution in [2.24, 2.45) is 0 Å². The molecule has 2 aromatic rings. The molecule has 0 fully saturated rings. The summed E-state index contributed by atoms with van der Waals surface area (Å²) in [6.07, 6.45) is 5.42. The van der Waals surface area contributed by atoms with Gasteiger partial charge >= 0.3 is 0 Å². The molecule has 1 aliphatic heterocycles. The van der Waals surface area contributed by atoms with Crippen molar-refractivity contribution >= 4 is 5.91 Å². The molecular weight excluding hydrogens is 270 g/mol. The summed E-state index contributed by atoms with van der Waals surface area (Å²) in [6.45, 7) is 4.76. The molecule has 0 radical (unpaired) electrons. The second kappa shape index (κ2) is 5.99. The van der Waals surface area contributed by atoms with Crippen molar-refractivity contribution in [2.75, 3.05) is 13.2 Å². The molecule has 21 heavy (non-hydrogen) atoms. The highest BCUT2D eigenvalue weighted by Gasteiger charge is 2.22. The van der Waals surface area contributed by atoms with Gasteiger partial charge in [0.25, 0.3) is 5.91 Å². The van der Waals surface area contributed by atoms with E-state index in [1.54, 1.807) is 10.9 Å². The van der Waals surface area contributed by atoms with E-state index in [-0.39, 0.29) is 5.91 Å². The molecule has 0 saturated carbocycles. The molecule has 7 nitrogen and oxygen atoms in total. The fourth-order valence-electron chi connectivity index (χ4n) is 2.43. The normalized spacial score (nSPS) is 13.6. The van der Waals surface area contributed by atoms with Crippen LogP contribution >= 0.6 is 0 Å². The maximum Gasteiger partial charge on any atom is 0.272 e. The van der Waals surface area contributed by atoms with Gasteiger partial charge in [0.2, 0.25) is 5.88 Å². The number of carbonyl (C=O) groups is 1. The second-order valence-electron chi connectivity index (χ2n) is 5.08. The van der Waals surface area contributed by atoms with E-state index in [1.165, 1.54) is 0 Å². The van der Waals surface area contributed by atoms with Gasteiger partial charge in [-0.1, -0.05) is 0 Å². The van der Waals surface area contributed by atoms with E-state index >= 15 is 0 Å². The average molecular weight is 289 g/mol. The third-order valence-corrected chi connectivity index (χ3v) is 3.51. The summed E-state index contributed by atoms with van der Waals surface area (Å²) in [6, 6.07) is 1.89. The van der Waals surface area contributed by atoms with Gasteiger partial charge in [-0.05, 0) is 19.4 Å². The highest BCUT2D eigenvalue weighted by atomic mass is 16.5. The standard InChI is InChI=1S/C14H19N5O2/c1-11-12(17-19-9-4-10-21-14(11)19)13(20)15-5-2-7-18-8-3-6-16-18/h3,6,8H,2,4-5,7,9-10H2,1H3,(H,15,20). The number of aromatic nitrogens is 4. The number of aryl methyl sites for hydroxylation is 2. The van der Waals surface area contributed by atoms with Crippen LogP contribution in [0.25, 0.3) is 0 Å². The Hall–Kier alpha value is -2.31. The average Bonchev–Trinajstić information content (AvgIpc) is 3.12. The van der Waals surface area contributed by atoms with Gasteiger partial charge in [-0.2, -0.15) is 10.2 Å². The van der Waals surface area contributed by atoms with Gasteiger partial charge < -0.3 is 10.1 Å². The van der Waals surface area contributed by atoms with Crippen LogP contribution in [0.15, 0.2) is 18.5 Å². The summed E-state index contributed by atoms with van der Waals surface area (Å²) in [5, 5.41) is 11.4. The van der Waals surface area contributed by atoms with Gasteiger partial charge in [0.1, 0.15) is 0 Å². The first-order chi connectivity index (χ1) is 10.3. The van der Waals surface area contributed by atoms with E-state index in [0.29, 0.717) is 18.8 Å². The molecule has 0 aromatic carbocycles. The lowest BCUT2D eigenvalue weighted by Crippen LogP contribution is -2.26. The molecule has 1 amide bonds. The molecule has 7 heteroatoms. The Bertz CT molecular complexity index is 618. The highest BCUT2D eigenvalue weighted by Crippen LogP contribution is 2.24. The zero-order chi connectivity index (χ0) is 14.7. The first kappa shape index (κ1) is 13.7. The Labute approximate surface area is 122 Å². The minimum atomic E-state index is -0.140. The number of nitrogens with one attached hydrogen (secondary N) is 1. The zero-order valence-electron chi connectivity index (χ0n) is 12.1.